The van der Waals surface area contributed by atoms with Crippen molar-refractivity contribution in [2.24, 2.45) is 5.92 Å². The van der Waals surface area contributed by atoms with Gasteiger partial charge in [-0.25, -0.2) is 0 Å². The van der Waals surface area contributed by atoms with E-state index in [2.05, 4.69) is 5.32 Å². The molecule has 1 heterocycles. The molecule has 1 saturated carbocycles. The van der Waals surface area contributed by atoms with Crippen LogP contribution in [0.5, 0.6) is 0 Å². The van der Waals surface area contributed by atoms with Crippen LogP contribution in [0.2, 0.25) is 0 Å². The van der Waals surface area contributed by atoms with Crippen molar-refractivity contribution in [1.29, 1.82) is 0 Å². The van der Waals surface area contributed by atoms with Crippen LogP contribution in [-0.2, 0) is 11.2 Å². The molecule has 1 amide bonds. The van der Waals surface area contributed by atoms with Crippen LogP contribution >= 0.6 is 11.6 Å². The Morgan fingerprint density at radius 3 is 3.06 bits per heavy atom. The van der Waals surface area contributed by atoms with Crippen molar-refractivity contribution in [3.63, 3.8) is 0 Å². The second kappa shape index (κ2) is 5.39. The van der Waals surface area contributed by atoms with E-state index in [4.69, 9.17) is 16.0 Å². The Bertz CT molecular complexity index is 333. The van der Waals surface area contributed by atoms with Crippen LogP contribution in [0.1, 0.15) is 25.0 Å². The number of hydrogen-bond donors (Lipinski definition) is 1. The maximum absolute atomic E-state index is 11.5. The average molecular weight is 242 g/mol. The molecule has 0 saturated heterocycles. The Kier molecular flexibility index (Phi) is 3.88. The molecule has 1 atom stereocenters. The van der Waals surface area contributed by atoms with Gasteiger partial charge in [-0.3, -0.25) is 4.79 Å². The van der Waals surface area contributed by atoms with Crippen molar-refractivity contribution in [3.05, 3.63) is 24.2 Å². The highest BCUT2D eigenvalue weighted by Crippen LogP contribution is 2.35. The fraction of sp³-hybridized carbons (Fsp3) is 0.583. The smallest absolute Gasteiger partial charge is 0.220 e. The molecular formula is C12H16ClNO2. The highest BCUT2D eigenvalue weighted by Gasteiger charge is 2.29. The minimum absolute atomic E-state index is 0.0442. The van der Waals surface area contributed by atoms with E-state index in [9.17, 15) is 4.79 Å². The van der Waals surface area contributed by atoms with E-state index in [1.54, 1.807) is 6.26 Å². The molecule has 16 heavy (non-hydrogen) atoms. The van der Waals surface area contributed by atoms with Gasteiger partial charge in [0.15, 0.2) is 0 Å². The Hall–Kier alpha value is -0.960. The molecule has 1 aliphatic carbocycles. The third-order valence-electron chi connectivity index (χ3n) is 2.81. The summed E-state index contributed by atoms with van der Waals surface area (Å²) in [4.78, 5) is 11.5. The lowest BCUT2D eigenvalue weighted by Crippen LogP contribution is -2.30. The van der Waals surface area contributed by atoms with E-state index in [1.807, 2.05) is 12.1 Å². The predicted molar refractivity (Wildman–Crippen MR) is 62.4 cm³/mol. The summed E-state index contributed by atoms with van der Waals surface area (Å²) in [6.45, 7) is 0.587. The van der Waals surface area contributed by atoms with Crippen LogP contribution in [0.15, 0.2) is 22.8 Å². The van der Waals surface area contributed by atoms with Crippen LogP contribution in [0.25, 0.3) is 0 Å². The molecule has 0 spiro atoms. The molecule has 1 unspecified atom stereocenters. The molecule has 0 aliphatic heterocycles. The van der Waals surface area contributed by atoms with Crippen LogP contribution in [0.4, 0.5) is 0 Å². The zero-order valence-electron chi connectivity index (χ0n) is 9.12. The topological polar surface area (TPSA) is 42.2 Å². The van der Waals surface area contributed by atoms with Gasteiger partial charge in [0, 0.05) is 19.4 Å². The first-order valence-corrected chi connectivity index (χ1v) is 6.12. The highest BCUT2D eigenvalue weighted by atomic mass is 35.5. The number of nitrogens with one attached hydrogen (secondary N) is 1. The number of rotatable bonds is 6. The number of carbonyl (C=O) groups excluding carboxylic acids is 1. The van der Waals surface area contributed by atoms with Crippen LogP contribution < -0.4 is 5.32 Å². The van der Waals surface area contributed by atoms with Crippen LogP contribution in [0, 0.1) is 5.92 Å². The molecule has 4 heteroatoms. The second-order valence-corrected chi connectivity index (χ2v) is 4.80. The van der Waals surface area contributed by atoms with Crippen molar-refractivity contribution in [3.8, 4) is 0 Å². The molecule has 1 N–H and O–H groups in total. The van der Waals surface area contributed by atoms with Gasteiger partial charge in [0.05, 0.1) is 11.6 Å². The van der Waals surface area contributed by atoms with Gasteiger partial charge in [-0.15, -0.1) is 11.6 Å². The van der Waals surface area contributed by atoms with Gasteiger partial charge in [-0.2, -0.15) is 0 Å². The molecule has 0 radical (unpaired) electrons. The number of alkyl halides is 1. The number of hydrogen-bond acceptors (Lipinski definition) is 2. The molecule has 88 valence electrons. The van der Waals surface area contributed by atoms with Gasteiger partial charge in [0.25, 0.3) is 0 Å². The zero-order valence-corrected chi connectivity index (χ0v) is 9.87. The molecule has 3 nitrogen and oxygen atoms in total. The summed E-state index contributed by atoms with van der Waals surface area (Å²) in [6.07, 6.45) is 5.14. The Morgan fingerprint density at radius 1 is 1.62 bits per heavy atom. The first-order valence-electron chi connectivity index (χ1n) is 5.69. The summed E-state index contributed by atoms with van der Waals surface area (Å²) in [6, 6.07) is 3.71. The lowest BCUT2D eigenvalue weighted by molar-refractivity contribution is -0.121. The average Bonchev–Trinajstić information content (AvgIpc) is 3.01. The van der Waals surface area contributed by atoms with Gasteiger partial charge in [0.1, 0.15) is 5.76 Å². The van der Waals surface area contributed by atoms with Gasteiger partial charge in [-0.05, 0) is 30.9 Å². The van der Waals surface area contributed by atoms with Gasteiger partial charge in [0.2, 0.25) is 5.91 Å². The predicted octanol–water partition coefficient (Wildman–Crippen LogP) is 2.35. The molecule has 1 fully saturated rings. The largest absolute Gasteiger partial charge is 0.469 e. The van der Waals surface area contributed by atoms with Crippen LogP contribution in [0.3, 0.4) is 0 Å². The number of amides is 1. The maximum Gasteiger partial charge on any atom is 0.220 e. The summed E-state index contributed by atoms with van der Waals surface area (Å²) in [5.74, 6) is 1.51. The van der Waals surface area contributed by atoms with E-state index < -0.39 is 0 Å². The second-order valence-electron chi connectivity index (χ2n) is 4.24. The van der Waals surface area contributed by atoms with E-state index in [-0.39, 0.29) is 11.3 Å². The standard InChI is InChI=1S/C12H16ClNO2/c13-11(9-3-4-9)8-14-12(15)6-5-10-2-1-7-16-10/h1-2,7,9,11H,3-6,8H2,(H,14,15). The number of aryl methyl sites for hydroxylation is 1. The molecule has 1 aromatic rings. The van der Waals surface area contributed by atoms with E-state index in [1.165, 1.54) is 12.8 Å². The fourth-order valence-electron chi connectivity index (χ4n) is 1.62. The molecule has 0 aromatic carbocycles. The maximum atomic E-state index is 11.5. The normalized spacial score (nSPS) is 17.1. The molecule has 1 aliphatic rings. The molecule has 2 rings (SSSR count). The quantitative estimate of drug-likeness (QED) is 0.777. The first-order chi connectivity index (χ1) is 7.75. The molecule has 1 aromatic heterocycles. The van der Waals surface area contributed by atoms with E-state index in [0.717, 1.165) is 5.76 Å². The fourth-order valence-corrected chi connectivity index (χ4v) is 1.94. The van der Waals surface area contributed by atoms with Gasteiger partial charge < -0.3 is 9.73 Å². The Balaban J connectivity index is 1.60. The van der Waals surface area contributed by atoms with Crippen molar-refractivity contribution < 1.29 is 9.21 Å². The minimum atomic E-state index is 0.0442. The SMILES string of the molecule is O=C(CCc1ccco1)NCC(Cl)C1CC1. The summed E-state index contributed by atoms with van der Waals surface area (Å²) in [5, 5.41) is 2.96. The zero-order chi connectivity index (χ0) is 11.4. The first kappa shape index (κ1) is 11.5. The summed E-state index contributed by atoms with van der Waals surface area (Å²) in [5.41, 5.74) is 0. The minimum Gasteiger partial charge on any atom is -0.469 e. The number of halogens is 1. The van der Waals surface area contributed by atoms with Crippen molar-refractivity contribution in [2.45, 2.75) is 31.1 Å². The van der Waals surface area contributed by atoms with E-state index in [0.29, 0.717) is 25.3 Å². The highest BCUT2D eigenvalue weighted by molar-refractivity contribution is 6.21. The lowest BCUT2D eigenvalue weighted by Gasteiger charge is -2.09. The monoisotopic (exact) mass is 241 g/mol. The summed E-state index contributed by atoms with van der Waals surface area (Å²) in [7, 11) is 0. The van der Waals surface area contributed by atoms with E-state index >= 15 is 0 Å². The lowest BCUT2D eigenvalue weighted by atomic mass is 10.2. The number of carbonyl (C=O) groups is 1. The third-order valence-corrected chi connectivity index (χ3v) is 3.32. The van der Waals surface area contributed by atoms with Gasteiger partial charge >= 0.3 is 0 Å². The summed E-state index contributed by atoms with van der Waals surface area (Å²) >= 11 is 6.09. The van der Waals surface area contributed by atoms with Crippen molar-refractivity contribution in [2.75, 3.05) is 6.54 Å². The van der Waals surface area contributed by atoms with Crippen molar-refractivity contribution >= 4 is 17.5 Å². The van der Waals surface area contributed by atoms with Gasteiger partial charge in [-0.1, -0.05) is 0 Å². The third kappa shape index (κ3) is 3.56. The Labute approximate surface area is 100 Å². The molecule has 0 bridgehead atoms. The summed E-state index contributed by atoms with van der Waals surface area (Å²) < 4.78 is 5.15. The van der Waals surface area contributed by atoms with Crippen molar-refractivity contribution in [1.82, 2.24) is 5.32 Å². The number of furan rings is 1. The Morgan fingerprint density at radius 2 is 2.44 bits per heavy atom. The van der Waals surface area contributed by atoms with Crippen LogP contribution in [-0.4, -0.2) is 17.8 Å². The molecular weight excluding hydrogens is 226 g/mol.